The maximum atomic E-state index is 13.4. The van der Waals surface area contributed by atoms with Crippen molar-refractivity contribution < 1.29 is 22.7 Å². The summed E-state index contributed by atoms with van der Waals surface area (Å²) in [6, 6.07) is 20.4. The van der Waals surface area contributed by atoms with Gasteiger partial charge in [0, 0.05) is 65.0 Å². The standard InChI is InChI=1S/C33H29Cl2N3O5S/c1-20-8-9-21-6-5-7-29(32(21)36-20)43-19-26-27(34)14-15-28(31(26)35)38(3)30(39)17-24-16-23(18-37(24)2)33(40)22-10-12-25(13-11-22)44(4,41)42/h5-16,18H,17,19H2,1-4H3. The monoisotopic (exact) mass is 649 g/mol. The van der Waals surface area contributed by atoms with Gasteiger partial charge in [0.2, 0.25) is 5.91 Å². The lowest BCUT2D eigenvalue weighted by Crippen LogP contribution is -2.29. The van der Waals surface area contributed by atoms with Crippen molar-refractivity contribution in [1.82, 2.24) is 9.55 Å². The molecule has 5 rings (SSSR count). The molecule has 5 aromatic rings. The molecule has 226 valence electrons. The molecular weight excluding hydrogens is 621 g/mol. The number of nitrogens with zero attached hydrogens (tertiary/aromatic N) is 3. The number of carbonyl (C=O) groups is 2. The molecule has 1 amide bonds. The minimum absolute atomic E-state index is 0.000883. The molecule has 44 heavy (non-hydrogen) atoms. The Morgan fingerprint density at radius 2 is 1.70 bits per heavy atom. The smallest absolute Gasteiger partial charge is 0.232 e. The Morgan fingerprint density at radius 3 is 2.41 bits per heavy atom. The number of aromatic nitrogens is 2. The van der Waals surface area contributed by atoms with Crippen LogP contribution in [0.1, 0.15) is 32.9 Å². The molecule has 0 aliphatic carbocycles. The van der Waals surface area contributed by atoms with Crippen LogP contribution in [0.2, 0.25) is 10.0 Å². The zero-order valence-corrected chi connectivity index (χ0v) is 26.8. The molecule has 2 heterocycles. The second kappa shape index (κ2) is 12.4. The van der Waals surface area contributed by atoms with Crippen LogP contribution in [0.25, 0.3) is 10.9 Å². The molecule has 0 radical (unpaired) electrons. The molecule has 0 fully saturated rings. The van der Waals surface area contributed by atoms with Crippen LogP contribution in [0, 0.1) is 6.92 Å². The highest BCUT2D eigenvalue weighted by Gasteiger charge is 2.22. The van der Waals surface area contributed by atoms with Crippen LogP contribution >= 0.6 is 23.2 Å². The van der Waals surface area contributed by atoms with E-state index in [1.807, 2.05) is 37.3 Å². The summed E-state index contributed by atoms with van der Waals surface area (Å²) in [6.07, 6.45) is 2.75. The summed E-state index contributed by atoms with van der Waals surface area (Å²) in [7, 11) is -0.00159. The van der Waals surface area contributed by atoms with Crippen molar-refractivity contribution in [2.24, 2.45) is 7.05 Å². The van der Waals surface area contributed by atoms with Crippen LogP contribution in [0.15, 0.2) is 83.9 Å². The SMILES string of the molecule is Cc1ccc2cccc(OCc3c(Cl)ccc(N(C)C(=O)Cc4cc(C(=O)c5ccc(S(C)(=O)=O)cc5)cn4C)c3Cl)c2n1. The van der Waals surface area contributed by atoms with E-state index in [-0.39, 0.29) is 34.6 Å². The highest BCUT2D eigenvalue weighted by Crippen LogP contribution is 2.35. The predicted octanol–water partition coefficient (Wildman–Crippen LogP) is 6.61. The molecule has 0 unspecified atom stereocenters. The lowest BCUT2D eigenvalue weighted by Gasteiger charge is -2.21. The van der Waals surface area contributed by atoms with Crippen molar-refractivity contribution in [2.45, 2.75) is 24.8 Å². The summed E-state index contributed by atoms with van der Waals surface area (Å²) in [5.74, 6) is 0.0516. The van der Waals surface area contributed by atoms with Crippen molar-refractivity contribution in [3.63, 3.8) is 0 Å². The van der Waals surface area contributed by atoms with E-state index < -0.39 is 9.84 Å². The van der Waals surface area contributed by atoms with Gasteiger partial charge in [-0.15, -0.1) is 0 Å². The number of benzene rings is 3. The van der Waals surface area contributed by atoms with Gasteiger partial charge >= 0.3 is 0 Å². The number of pyridine rings is 1. The second-order valence-corrected chi connectivity index (χ2v) is 13.3. The van der Waals surface area contributed by atoms with E-state index in [4.69, 9.17) is 27.9 Å². The molecule has 2 aromatic heterocycles. The first-order valence-corrected chi connectivity index (χ1v) is 16.2. The predicted molar refractivity (Wildman–Crippen MR) is 173 cm³/mol. The normalized spacial score (nSPS) is 11.5. The molecule has 0 saturated heterocycles. The highest BCUT2D eigenvalue weighted by molar-refractivity contribution is 7.90. The number of anilines is 1. The number of ketones is 1. The van der Waals surface area contributed by atoms with E-state index in [9.17, 15) is 18.0 Å². The van der Waals surface area contributed by atoms with Crippen molar-refractivity contribution in [1.29, 1.82) is 0 Å². The number of ether oxygens (including phenoxy) is 1. The maximum absolute atomic E-state index is 13.4. The number of hydrogen-bond acceptors (Lipinski definition) is 6. The molecule has 0 aliphatic heterocycles. The summed E-state index contributed by atoms with van der Waals surface area (Å²) in [5, 5.41) is 1.64. The number of rotatable bonds is 9. The number of para-hydroxylation sites is 1. The van der Waals surface area contributed by atoms with Crippen molar-refractivity contribution >= 4 is 61.3 Å². The Balaban J connectivity index is 1.32. The van der Waals surface area contributed by atoms with E-state index in [0.717, 1.165) is 22.9 Å². The van der Waals surface area contributed by atoms with Gasteiger partial charge in [-0.05, 0) is 61.5 Å². The Labute approximate surface area is 265 Å². The number of aryl methyl sites for hydroxylation is 2. The van der Waals surface area contributed by atoms with E-state index in [1.165, 1.54) is 29.2 Å². The number of amides is 1. The molecule has 0 aliphatic rings. The van der Waals surface area contributed by atoms with E-state index in [2.05, 4.69) is 4.98 Å². The number of likely N-dealkylation sites (N-methyl/N-ethyl adjacent to an activating group) is 1. The first-order valence-electron chi connectivity index (χ1n) is 13.6. The van der Waals surface area contributed by atoms with E-state index in [1.54, 1.807) is 43.1 Å². The van der Waals surface area contributed by atoms with Gasteiger partial charge in [-0.1, -0.05) is 41.4 Å². The summed E-state index contributed by atoms with van der Waals surface area (Å²) < 4.78 is 31.3. The zero-order valence-electron chi connectivity index (χ0n) is 24.5. The van der Waals surface area contributed by atoms with Crippen LogP contribution in [-0.4, -0.2) is 43.0 Å². The third kappa shape index (κ3) is 6.50. The van der Waals surface area contributed by atoms with Gasteiger partial charge in [-0.3, -0.25) is 9.59 Å². The van der Waals surface area contributed by atoms with E-state index >= 15 is 0 Å². The fourth-order valence-corrected chi connectivity index (χ4v) is 6.04. The summed E-state index contributed by atoms with van der Waals surface area (Å²) in [6.45, 7) is 1.98. The van der Waals surface area contributed by atoms with Crippen LogP contribution in [0.4, 0.5) is 5.69 Å². The first kappa shape index (κ1) is 31.3. The Kier molecular flexibility index (Phi) is 8.83. The van der Waals surface area contributed by atoms with Gasteiger partial charge in [0.15, 0.2) is 15.6 Å². The van der Waals surface area contributed by atoms with Gasteiger partial charge in [0.05, 0.1) is 22.0 Å². The molecule has 3 aromatic carbocycles. The van der Waals surface area contributed by atoms with E-state index in [0.29, 0.717) is 38.8 Å². The van der Waals surface area contributed by atoms with Gasteiger partial charge in [0.25, 0.3) is 0 Å². The van der Waals surface area contributed by atoms with Crippen molar-refractivity contribution in [3.8, 4) is 5.75 Å². The topological polar surface area (TPSA) is 98.6 Å². The summed E-state index contributed by atoms with van der Waals surface area (Å²) in [4.78, 5) is 32.7. The largest absolute Gasteiger partial charge is 0.487 e. The fraction of sp³-hybridized carbons (Fsp3) is 0.182. The van der Waals surface area contributed by atoms with Gasteiger partial charge in [0.1, 0.15) is 17.9 Å². The van der Waals surface area contributed by atoms with Gasteiger partial charge in [-0.2, -0.15) is 0 Å². The van der Waals surface area contributed by atoms with Crippen LogP contribution in [0.5, 0.6) is 5.75 Å². The van der Waals surface area contributed by atoms with Crippen molar-refractivity contribution in [3.05, 3.63) is 117 Å². The average Bonchev–Trinajstić information content (AvgIpc) is 3.35. The zero-order chi connectivity index (χ0) is 31.8. The molecule has 8 nitrogen and oxygen atoms in total. The average molecular weight is 651 g/mol. The number of fused-ring (bicyclic) bond motifs is 1. The second-order valence-electron chi connectivity index (χ2n) is 10.5. The molecule has 0 spiro atoms. The Hall–Kier alpha value is -4.18. The highest BCUT2D eigenvalue weighted by atomic mass is 35.5. The van der Waals surface area contributed by atoms with Crippen LogP contribution in [0.3, 0.4) is 0 Å². The molecule has 0 saturated carbocycles. The minimum atomic E-state index is -3.37. The van der Waals surface area contributed by atoms with Crippen molar-refractivity contribution in [2.75, 3.05) is 18.2 Å². The number of sulfone groups is 1. The number of halogens is 2. The van der Waals surface area contributed by atoms with Crippen LogP contribution in [-0.2, 0) is 34.7 Å². The fourth-order valence-electron chi connectivity index (χ4n) is 4.80. The first-order chi connectivity index (χ1) is 20.8. The van der Waals surface area contributed by atoms with Gasteiger partial charge in [-0.25, -0.2) is 13.4 Å². The lowest BCUT2D eigenvalue weighted by molar-refractivity contribution is -0.117. The lowest BCUT2D eigenvalue weighted by atomic mass is 10.1. The number of hydrogen-bond donors (Lipinski definition) is 0. The summed E-state index contributed by atoms with van der Waals surface area (Å²) in [5.41, 5.74) is 3.93. The van der Waals surface area contributed by atoms with Crippen LogP contribution < -0.4 is 9.64 Å². The molecule has 0 atom stereocenters. The molecule has 0 N–H and O–H groups in total. The Bertz CT molecular complexity index is 2020. The van der Waals surface area contributed by atoms with Gasteiger partial charge < -0.3 is 14.2 Å². The molecule has 11 heteroatoms. The quantitative estimate of drug-likeness (QED) is 0.167. The maximum Gasteiger partial charge on any atom is 0.232 e. The Morgan fingerprint density at radius 1 is 0.977 bits per heavy atom. The molecule has 0 bridgehead atoms. The minimum Gasteiger partial charge on any atom is -0.487 e. The molecular formula is C33H29Cl2N3O5S. The number of carbonyl (C=O) groups excluding carboxylic acids is 2. The summed E-state index contributed by atoms with van der Waals surface area (Å²) >= 11 is 13.3. The third-order valence-corrected chi connectivity index (χ3v) is 9.25. The third-order valence-electron chi connectivity index (χ3n) is 7.34.